The summed E-state index contributed by atoms with van der Waals surface area (Å²) in [6.45, 7) is 7.33. The van der Waals surface area contributed by atoms with Crippen molar-refractivity contribution in [3.05, 3.63) is 58.9 Å². The molecule has 2 aromatic rings. The minimum Gasteiger partial charge on any atom is -0.487 e. The zero-order valence-electron chi connectivity index (χ0n) is 16.1. The van der Waals surface area contributed by atoms with Gasteiger partial charge in [0.2, 0.25) is 0 Å². The van der Waals surface area contributed by atoms with Crippen molar-refractivity contribution >= 4 is 17.7 Å². The van der Waals surface area contributed by atoms with Crippen molar-refractivity contribution in [2.75, 3.05) is 27.2 Å². The Balaban J connectivity index is 2.20. The highest BCUT2D eigenvalue weighted by Gasteiger charge is 2.11. The number of hydrogen-bond acceptors (Lipinski definition) is 3. The van der Waals surface area contributed by atoms with Crippen LogP contribution in [0.5, 0.6) is 5.75 Å². The number of hydrogen-bond donors (Lipinski definition) is 0. The van der Waals surface area contributed by atoms with E-state index in [1.807, 2.05) is 32.1 Å². The maximum Gasteiger partial charge on any atom is 0.130 e. The Morgan fingerprint density at radius 1 is 1.19 bits per heavy atom. The van der Waals surface area contributed by atoms with Crippen molar-refractivity contribution in [2.24, 2.45) is 9.98 Å². The first-order valence-electron chi connectivity index (χ1n) is 8.64. The second-order valence-electron chi connectivity index (χ2n) is 6.19. The Labute approximate surface area is 155 Å². The van der Waals surface area contributed by atoms with Crippen LogP contribution in [0.1, 0.15) is 23.6 Å². The molecule has 5 heteroatoms. The van der Waals surface area contributed by atoms with Gasteiger partial charge in [-0.15, -0.1) is 0 Å². The van der Waals surface area contributed by atoms with E-state index in [-0.39, 0.29) is 12.4 Å². The molecule has 0 unspecified atom stereocenters. The molecule has 0 saturated heterocycles. The Hall–Kier alpha value is -2.69. The Bertz CT molecular complexity index is 815. The molecule has 0 spiro atoms. The minimum atomic E-state index is -0.316. The van der Waals surface area contributed by atoms with Gasteiger partial charge in [0.25, 0.3) is 0 Å². The lowest BCUT2D eigenvalue weighted by atomic mass is 10.00. The molecular weight excluding hydrogens is 329 g/mol. The van der Waals surface area contributed by atoms with Crippen LogP contribution in [0.25, 0.3) is 0 Å². The van der Waals surface area contributed by atoms with Gasteiger partial charge >= 0.3 is 0 Å². The molecule has 0 aliphatic heterocycles. The maximum atomic E-state index is 13.3. The van der Waals surface area contributed by atoms with Gasteiger partial charge in [0, 0.05) is 32.3 Å². The topological polar surface area (TPSA) is 37.2 Å². The minimum absolute atomic E-state index is 0.279. The normalized spacial score (nSPS) is 11.8. The van der Waals surface area contributed by atoms with Gasteiger partial charge in [-0.05, 0) is 56.2 Å². The highest BCUT2D eigenvalue weighted by atomic mass is 19.1. The van der Waals surface area contributed by atoms with Crippen LogP contribution in [0.15, 0.2) is 46.4 Å². The average Bonchev–Trinajstić information content (AvgIpc) is 2.63. The highest BCUT2D eigenvalue weighted by molar-refractivity contribution is 6.03. The van der Waals surface area contributed by atoms with Crippen LogP contribution < -0.4 is 4.74 Å². The molecule has 4 nitrogen and oxygen atoms in total. The van der Waals surface area contributed by atoms with Crippen LogP contribution in [0.4, 0.5) is 10.1 Å². The molecule has 2 aromatic carbocycles. The standard InChI is InChI=1S/C21H26FN3O/c1-6-25(5)14-24-20-11-15(2)19(10-16(20)3)21(23-4)13-26-18-9-7-8-17(22)12-18/h7-12,14H,6,13H2,1-5H3/b23-21+,24-14+. The van der Waals surface area contributed by atoms with Crippen LogP contribution in [0.3, 0.4) is 0 Å². The lowest BCUT2D eigenvalue weighted by molar-refractivity contribution is 0.374. The van der Waals surface area contributed by atoms with Crippen LogP contribution in [0, 0.1) is 19.7 Å². The molecule has 2 rings (SSSR count). The largest absolute Gasteiger partial charge is 0.487 e. The fourth-order valence-corrected chi connectivity index (χ4v) is 2.46. The lowest BCUT2D eigenvalue weighted by Crippen LogP contribution is -2.15. The van der Waals surface area contributed by atoms with E-state index in [0.29, 0.717) is 5.75 Å². The van der Waals surface area contributed by atoms with E-state index in [2.05, 4.69) is 29.0 Å². The van der Waals surface area contributed by atoms with Crippen molar-refractivity contribution in [1.82, 2.24) is 4.90 Å². The predicted octanol–water partition coefficient (Wildman–Crippen LogP) is 4.55. The summed E-state index contributed by atoms with van der Waals surface area (Å²) in [5, 5.41) is 0. The van der Waals surface area contributed by atoms with Crippen molar-refractivity contribution in [1.29, 1.82) is 0 Å². The van der Waals surface area contributed by atoms with Crippen molar-refractivity contribution in [2.45, 2.75) is 20.8 Å². The summed E-state index contributed by atoms with van der Waals surface area (Å²) in [6.07, 6.45) is 1.84. The smallest absolute Gasteiger partial charge is 0.130 e. The molecule has 0 amide bonds. The van der Waals surface area contributed by atoms with E-state index >= 15 is 0 Å². The molecule has 0 N–H and O–H groups in total. The van der Waals surface area contributed by atoms with Gasteiger partial charge in [-0.3, -0.25) is 4.99 Å². The number of ether oxygens (including phenoxy) is 1. The van der Waals surface area contributed by atoms with E-state index in [1.165, 1.54) is 12.1 Å². The summed E-state index contributed by atoms with van der Waals surface area (Å²) >= 11 is 0. The monoisotopic (exact) mass is 355 g/mol. The molecule has 0 atom stereocenters. The third-order valence-corrected chi connectivity index (χ3v) is 4.19. The number of aliphatic imine (C=N–C) groups is 2. The lowest BCUT2D eigenvalue weighted by Gasteiger charge is -2.14. The van der Waals surface area contributed by atoms with Crippen LogP contribution in [0.2, 0.25) is 0 Å². The quantitative estimate of drug-likeness (QED) is 0.540. The molecule has 138 valence electrons. The summed E-state index contributed by atoms with van der Waals surface area (Å²) in [5.74, 6) is 0.174. The molecular formula is C21H26FN3O. The van der Waals surface area contributed by atoms with Crippen LogP contribution in [-0.2, 0) is 0 Å². The molecule has 0 aliphatic rings. The molecule has 0 aliphatic carbocycles. The fourth-order valence-electron chi connectivity index (χ4n) is 2.46. The average molecular weight is 355 g/mol. The third-order valence-electron chi connectivity index (χ3n) is 4.19. The zero-order chi connectivity index (χ0) is 19.1. The number of nitrogens with zero attached hydrogens (tertiary/aromatic N) is 3. The van der Waals surface area contributed by atoms with E-state index in [0.717, 1.165) is 34.6 Å². The molecule has 0 saturated carbocycles. The molecule has 0 fully saturated rings. The Morgan fingerprint density at radius 3 is 2.62 bits per heavy atom. The molecule has 26 heavy (non-hydrogen) atoms. The zero-order valence-corrected chi connectivity index (χ0v) is 16.1. The number of halogens is 1. The van der Waals surface area contributed by atoms with Crippen molar-refractivity contribution < 1.29 is 9.13 Å². The summed E-state index contributed by atoms with van der Waals surface area (Å²) in [7, 11) is 3.73. The van der Waals surface area contributed by atoms with Crippen LogP contribution in [-0.4, -0.2) is 44.2 Å². The maximum absolute atomic E-state index is 13.3. The molecule has 0 radical (unpaired) electrons. The first-order chi connectivity index (χ1) is 12.4. The fraction of sp³-hybridized carbons (Fsp3) is 0.333. The second kappa shape index (κ2) is 9.13. The van der Waals surface area contributed by atoms with Gasteiger partial charge in [-0.1, -0.05) is 6.07 Å². The number of benzene rings is 2. The number of rotatable bonds is 7. The highest BCUT2D eigenvalue weighted by Crippen LogP contribution is 2.24. The first kappa shape index (κ1) is 19.6. The Morgan fingerprint density at radius 2 is 1.96 bits per heavy atom. The molecule has 0 heterocycles. The van der Waals surface area contributed by atoms with E-state index in [9.17, 15) is 4.39 Å². The summed E-state index contributed by atoms with van der Waals surface area (Å²) in [4.78, 5) is 10.9. The summed E-state index contributed by atoms with van der Waals surface area (Å²) in [6, 6.07) is 10.3. The van der Waals surface area contributed by atoms with E-state index < -0.39 is 0 Å². The number of aryl methyl sites for hydroxylation is 2. The molecule has 0 bridgehead atoms. The van der Waals surface area contributed by atoms with Gasteiger partial charge in [0.15, 0.2) is 0 Å². The van der Waals surface area contributed by atoms with Crippen molar-refractivity contribution in [3.8, 4) is 5.75 Å². The van der Waals surface area contributed by atoms with Gasteiger partial charge < -0.3 is 9.64 Å². The summed E-state index contributed by atoms with van der Waals surface area (Å²) < 4.78 is 19.0. The van der Waals surface area contributed by atoms with Gasteiger partial charge in [-0.2, -0.15) is 0 Å². The third kappa shape index (κ3) is 5.15. The first-order valence-corrected chi connectivity index (χ1v) is 8.64. The van der Waals surface area contributed by atoms with Gasteiger partial charge in [0.05, 0.1) is 17.7 Å². The van der Waals surface area contributed by atoms with Crippen molar-refractivity contribution in [3.63, 3.8) is 0 Å². The predicted molar refractivity (Wildman–Crippen MR) is 107 cm³/mol. The Kier molecular flexibility index (Phi) is 6.89. The summed E-state index contributed by atoms with van der Waals surface area (Å²) in [5.41, 5.74) is 4.91. The van der Waals surface area contributed by atoms with Crippen LogP contribution >= 0.6 is 0 Å². The van der Waals surface area contributed by atoms with E-state index in [4.69, 9.17) is 4.74 Å². The second-order valence-corrected chi connectivity index (χ2v) is 6.19. The molecule has 0 aromatic heterocycles. The van der Waals surface area contributed by atoms with Gasteiger partial charge in [-0.25, -0.2) is 9.38 Å². The van der Waals surface area contributed by atoms with E-state index in [1.54, 1.807) is 19.2 Å². The van der Waals surface area contributed by atoms with Gasteiger partial charge in [0.1, 0.15) is 18.2 Å². The SMILES string of the molecule is CCN(C)/C=N/c1cc(C)c(/C(COc2cccc(F)c2)=N/C)cc1C.